The summed E-state index contributed by atoms with van der Waals surface area (Å²) in [6.45, 7) is 0.482. The number of carbonyl (C=O) groups is 2. The van der Waals surface area contributed by atoms with Gasteiger partial charge in [0.25, 0.3) is 0 Å². The monoisotopic (exact) mass is 348 g/mol. The molecule has 0 aliphatic carbocycles. The summed E-state index contributed by atoms with van der Waals surface area (Å²) in [5.74, 6) is 0.795. The topological polar surface area (TPSA) is 62.4 Å². The van der Waals surface area contributed by atoms with Crippen LogP contribution in [0.1, 0.15) is 28.9 Å². The van der Waals surface area contributed by atoms with E-state index in [2.05, 4.69) is 20.9 Å². The fraction of sp³-hybridized carbons (Fsp3) is 0.333. The molecule has 1 fully saturated rings. The lowest BCUT2D eigenvalue weighted by Crippen LogP contribution is -2.42. The van der Waals surface area contributed by atoms with E-state index in [0.29, 0.717) is 30.8 Å². The first-order valence-corrected chi connectivity index (χ1v) is 7.62. The predicted molar refractivity (Wildman–Crippen MR) is 80.5 cm³/mol. The van der Waals surface area contributed by atoms with Crippen molar-refractivity contribution in [2.75, 3.05) is 7.11 Å². The van der Waals surface area contributed by atoms with Crippen molar-refractivity contribution in [3.63, 3.8) is 0 Å². The number of nitrogens with zero attached hydrogens (tertiary/aromatic N) is 1. The van der Waals surface area contributed by atoms with Gasteiger partial charge in [0, 0.05) is 29.4 Å². The summed E-state index contributed by atoms with van der Waals surface area (Å²) in [6.07, 6.45) is 1.08. The molecule has 6 heteroatoms. The molecular weight excluding hydrogens is 336 g/mol. The molecule has 3 heterocycles. The number of benzene rings is 1. The number of amides is 1. The Morgan fingerprint density at radius 3 is 2.95 bits per heavy atom. The third kappa shape index (κ3) is 1.62. The van der Waals surface area contributed by atoms with Crippen LogP contribution in [0.25, 0.3) is 10.9 Å². The van der Waals surface area contributed by atoms with Gasteiger partial charge in [-0.2, -0.15) is 0 Å². The van der Waals surface area contributed by atoms with Crippen molar-refractivity contribution < 1.29 is 14.3 Å². The summed E-state index contributed by atoms with van der Waals surface area (Å²) in [7, 11) is 1.61. The van der Waals surface area contributed by atoms with E-state index in [-0.39, 0.29) is 17.7 Å². The molecule has 1 amide bonds. The number of aromatic amines is 1. The SMILES string of the molecule is COc1ccc2[nH]c3c(c2c1Br)CN1C(=O)CCC1C3=O. The number of carbonyl (C=O) groups excluding carboxylic acids is 2. The maximum Gasteiger partial charge on any atom is 0.223 e. The van der Waals surface area contributed by atoms with E-state index in [1.165, 1.54) is 0 Å². The second-order valence-corrected chi connectivity index (χ2v) is 6.22. The van der Waals surface area contributed by atoms with Crippen molar-refractivity contribution in [2.45, 2.75) is 25.4 Å². The molecule has 1 atom stereocenters. The quantitative estimate of drug-likeness (QED) is 0.861. The van der Waals surface area contributed by atoms with Crippen LogP contribution in [0, 0.1) is 0 Å². The number of ketones is 1. The molecule has 1 N–H and O–H groups in total. The number of rotatable bonds is 1. The summed E-state index contributed by atoms with van der Waals surface area (Å²) in [4.78, 5) is 29.5. The molecule has 1 aromatic carbocycles. The fourth-order valence-corrected chi connectivity index (χ4v) is 4.11. The molecule has 0 saturated carbocycles. The molecule has 2 aliphatic heterocycles. The van der Waals surface area contributed by atoms with Gasteiger partial charge in [0.1, 0.15) is 5.75 Å². The molecule has 1 aromatic heterocycles. The molecular formula is C15H13BrN2O3. The van der Waals surface area contributed by atoms with Gasteiger partial charge >= 0.3 is 0 Å². The number of aromatic nitrogens is 1. The molecule has 21 heavy (non-hydrogen) atoms. The molecule has 1 saturated heterocycles. The first-order valence-electron chi connectivity index (χ1n) is 6.82. The third-order valence-electron chi connectivity index (χ3n) is 4.40. The second kappa shape index (κ2) is 4.34. The predicted octanol–water partition coefficient (Wildman–Crippen LogP) is 2.63. The molecule has 0 radical (unpaired) electrons. The molecule has 2 aromatic rings. The normalized spacial score (nSPS) is 20.9. The van der Waals surface area contributed by atoms with Crippen molar-refractivity contribution in [3.8, 4) is 5.75 Å². The van der Waals surface area contributed by atoms with Crippen LogP contribution < -0.4 is 4.74 Å². The number of fused-ring (bicyclic) bond motifs is 4. The lowest BCUT2D eigenvalue weighted by Gasteiger charge is -2.28. The van der Waals surface area contributed by atoms with Crippen LogP contribution in [0.4, 0.5) is 0 Å². The zero-order valence-corrected chi connectivity index (χ0v) is 13.0. The van der Waals surface area contributed by atoms with Crippen LogP contribution in [0.2, 0.25) is 0 Å². The summed E-state index contributed by atoms with van der Waals surface area (Å²) >= 11 is 3.55. The third-order valence-corrected chi connectivity index (χ3v) is 5.18. The van der Waals surface area contributed by atoms with Crippen molar-refractivity contribution >= 4 is 38.5 Å². The highest BCUT2D eigenvalue weighted by molar-refractivity contribution is 9.10. The Labute approximate surface area is 129 Å². The molecule has 0 spiro atoms. The van der Waals surface area contributed by atoms with E-state index in [1.54, 1.807) is 12.0 Å². The van der Waals surface area contributed by atoms with E-state index < -0.39 is 0 Å². The Kier molecular flexibility index (Phi) is 2.66. The van der Waals surface area contributed by atoms with Gasteiger partial charge in [0.2, 0.25) is 11.7 Å². The first-order chi connectivity index (χ1) is 10.1. The standard InChI is InChI=1S/C15H13BrN2O3/c1-21-10-4-2-8-12(13(10)16)7-6-18-9(3-5-11(18)19)15(20)14(7)17-8/h2,4,9,17H,3,5-6H2,1H3. The van der Waals surface area contributed by atoms with Crippen LogP contribution in [0.3, 0.4) is 0 Å². The Balaban J connectivity index is 1.97. The van der Waals surface area contributed by atoms with Gasteiger partial charge in [-0.05, 0) is 34.5 Å². The van der Waals surface area contributed by atoms with Gasteiger partial charge in [-0.25, -0.2) is 0 Å². The number of Topliss-reactive ketones (excluding diaryl/α,β-unsaturated/α-hetero) is 1. The van der Waals surface area contributed by atoms with Crippen molar-refractivity contribution in [3.05, 3.63) is 27.9 Å². The molecule has 108 valence electrons. The smallest absolute Gasteiger partial charge is 0.223 e. The van der Waals surface area contributed by atoms with Crippen LogP contribution >= 0.6 is 15.9 Å². The van der Waals surface area contributed by atoms with Gasteiger partial charge in [-0.15, -0.1) is 0 Å². The highest BCUT2D eigenvalue weighted by Crippen LogP contribution is 2.40. The van der Waals surface area contributed by atoms with Crippen molar-refractivity contribution in [1.82, 2.24) is 9.88 Å². The lowest BCUT2D eigenvalue weighted by atomic mass is 9.97. The molecule has 4 rings (SSSR count). The first kappa shape index (κ1) is 12.9. The minimum absolute atomic E-state index is 0.0177. The Morgan fingerprint density at radius 2 is 2.19 bits per heavy atom. The number of H-pyrrole nitrogens is 1. The summed E-state index contributed by atoms with van der Waals surface area (Å²) < 4.78 is 6.14. The number of ether oxygens (including phenoxy) is 1. The van der Waals surface area contributed by atoms with Crippen molar-refractivity contribution in [2.24, 2.45) is 0 Å². The summed E-state index contributed by atoms with van der Waals surface area (Å²) in [5, 5.41) is 0.927. The van der Waals surface area contributed by atoms with Crippen LogP contribution in [-0.4, -0.2) is 34.7 Å². The molecule has 1 unspecified atom stereocenters. The average molecular weight is 349 g/mol. The lowest BCUT2D eigenvalue weighted by molar-refractivity contribution is -0.129. The number of methoxy groups -OCH3 is 1. The summed E-state index contributed by atoms with van der Waals surface area (Å²) in [6, 6.07) is 3.46. The fourth-order valence-electron chi connectivity index (χ4n) is 3.36. The largest absolute Gasteiger partial charge is 0.496 e. The number of hydrogen-bond acceptors (Lipinski definition) is 3. The Bertz CT molecular complexity index is 796. The Hall–Kier alpha value is -1.82. The molecule has 2 aliphatic rings. The Morgan fingerprint density at radius 1 is 1.38 bits per heavy atom. The highest BCUT2D eigenvalue weighted by atomic mass is 79.9. The van der Waals surface area contributed by atoms with E-state index >= 15 is 0 Å². The van der Waals surface area contributed by atoms with Gasteiger partial charge < -0.3 is 14.6 Å². The summed E-state index contributed by atoms with van der Waals surface area (Å²) in [5.41, 5.74) is 2.40. The van der Waals surface area contributed by atoms with Gasteiger partial charge in [0.15, 0.2) is 0 Å². The maximum atomic E-state index is 12.6. The second-order valence-electron chi connectivity index (χ2n) is 5.42. The van der Waals surface area contributed by atoms with Crippen LogP contribution in [-0.2, 0) is 11.3 Å². The van der Waals surface area contributed by atoms with Crippen LogP contribution in [0.5, 0.6) is 5.75 Å². The number of nitrogens with one attached hydrogen (secondary N) is 1. The zero-order chi connectivity index (χ0) is 14.7. The number of halogens is 1. The minimum atomic E-state index is -0.293. The van der Waals surface area contributed by atoms with Gasteiger partial charge in [0.05, 0.1) is 23.3 Å². The van der Waals surface area contributed by atoms with Gasteiger partial charge in [-0.3, -0.25) is 9.59 Å². The molecule has 5 nitrogen and oxygen atoms in total. The minimum Gasteiger partial charge on any atom is -0.496 e. The maximum absolute atomic E-state index is 12.6. The average Bonchev–Trinajstić information content (AvgIpc) is 3.03. The molecule has 0 bridgehead atoms. The van der Waals surface area contributed by atoms with E-state index in [0.717, 1.165) is 20.9 Å². The highest BCUT2D eigenvalue weighted by Gasteiger charge is 2.42. The zero-order valence-electron chi connectivity index (χ0n) is 11.4. The van der Waals surface area contributed by atoms with E-state index in [9.17, 15) is 9.59 Å². The van der Waals surface area contributed by atoms with Gasteiger partial charge in [-0.1, -0.05) is 0 Å². The van der Waals surface area contributed by atoms with Crippen LogP contribution in [0.15, 0.2) is 16.6 Å². The van der Waals surface area contributed by atoms with E-state index in [1.807, 2.05) is 12.1 Å². The van der Waals surface area contributed by atoms with Crippen molar-refractivity contribution in [1.29, 1.82) is 0 Å². The van der Waals surface area contributed by atoms with E-state index in [4.69, 9.17) is 4.74 Å². The number of hydrogen-bond donors (Lipinski definition) is 1.